The van der Waals surface area contributed by atoms with E-state index in [1.165, 1.54) is 6.20 Å². The monoisotopic (exact) mass is 316 g/mol. The summed E-state index contributed by atoms with van der Waals surface area (Å²) in [6, 6.07) is 3.73. The zero-order chi connectivity index (χ0) is 13.3. The van der Waals surface area contributed by atoms with E-state index in [-0.39, 0.29) is 5.69 Å². The van der Waals surface area contributed by atoms with Gasteiger partial charge in [-0.1, -0.05) is 0 Å². The normalized spacial score (nSPS) is 10.5. The molecule has 1 heterocycles. The highest BCUT2D eigenvalue weighted by Crippen LogP contribution is 2.28. The molecule has 2 aromatic rings. The molecule has 2 rings (SSSR count). The van der Waals surface area contributed by atoms with Gasteiger partial charge in [-0.15, -0.1) is 0 Å². The molecule has 0 aliphatic heterocycles. The summed E-state index contributed by atoms with van der Waals surface area (Å²) in [5.74, 6) is -3.68. The lowest BCUT2D eigenvalue weighted by Crippen LogP contribution is -2.01. The lowest BCUT2D eigenvalue weighted by Gasteiger charge is -2.10. The van der Waals surface area contributed by atoms with Gasteiger partial charge < -0.3 is 5.32 Å². The van der Waals surface area contributed by atoms with E-state index in [2.05, 4.69) is 26.2 Å². The lowest BCUT2D eigenvalue weighted by molar-refractivity contribution is 0.449. The van der Waals surface area contributed by atoms with E-state index in [0.29, 0.717) is 10.3 Å². The Balaban J connectivity index is 2.41. The Kier molecular flexibility index (Phi) is 3.56. The van der Waals surface area contributed by atoms with Crippen molar-refractivity contribution in [2.24, 2.45) is 0 Å². The van der Waals surface area contributed by atoms with Crippen molar-refractivity contribution in [1.29, 1.82) is 0 Å². The van der Waals surface area contributed by atoms with Gasteiger partial charge in [0.2, 0.25) is 0 Å². The Labute approximate surface area is 110 Å². The van der Waals surface area contributed by atoms with E-state index in [0.717, 1.165) is 17.7 Å². The number of pyridine rings is 1. The van der Waals surface area contributed by atoms with Crippen molar-refractivity contribution in [3.8, 4) is 0 Å². The number of nitrogens with one attached hydrogen (secondary N) is 1. The Morgan fingerprint density at radius 1 is 1.11 bits per heavy atom. The average molecular weight is 317 g/mol. The maximum absolute atomic E-state index is 13.5. The second-order valence-corrected chi connectivity index (χ2v) is 4.43. The molecule has 0 fully saturated rings. The molecule has 0 unspecified atom stereocenters. The highest BCUT2D eigenvalue weighted by molar-refractivity contribution is 9.10. The van der Waals surface area contributed by atoms with Crippen LogP contribution in [0.5, 0.6) is 0 Å². The van der Waals surface area contributed by atoms with Gasteiger partial charge in [-0.05, 0) is 46.6 Å². The van der Waals surface area contributed by atoms with Gasteiger partial charge in [-0.2, -0.15) is 0 Å². The molecule has 0 radical (unpaired) electrons. The molecular formula is C12H8BrF3N2. The Morgan fingerprint density at radius 3 is 2.56 bits per heavy atom. The van der Waals surface area contributed by atoms with Crippen LogP contribution in [0.3, 0.4) is 0 Å². The number of hydrogen-bond acceptors (Lipinski definition) is 2. The number of hydrogen-bond donors (Lipinski definition) is 1. The molecule has 18 heavy (non-hydrogen) atoms. The molecule has 0 amide bonds. The van der Waals surface area contributed by atoms with Crippen molar-refractivity contribution in [3.63, 3.8) is 0 Å². The van der Waals surface area contributed by atoms with Crippen molar-refractivity contribution in [3.05, 3.63) is 51.9 Å². The van der Waals surface area contributed by atoms with Crippen molar-refractivity contribution in [2.45, 2.75) is 6.92 Å². The summed E-state index contributed by atoms with van der Waals surface area (Å²) >= 11 is 3.28. The fourth-order valence-electron chi connectivity index (χ4n) is 1.38. The number of aromatic nitrogens is 1. The SMILES string of the molecule is Cc1ccnc(Nc2ccc(F)c(F)c2F)c1Br. The van der Waals surface area contributed by atoms with E-state index in [1.54, 1.807) is 6.07 Å². The fraction of sp³-hybridized carbons (Fsp3) is 0.0833. The Hall–Kier alpha value is -1.56. The van der Waals surface area contributed by atoms with Crippen LogP contribution in [-0.2, 0) is 0 Å². The van der Waals surface area contributed by atoms with Gasteiger partial charge in [-0.3, -0.25) is 0 Å². The third-order valence-electron chi connectivity index (χ3n) is 2.37. The lowest BCUT2D eigenvalue weighted by atomic mass is 10.2. The predicted octanol–water partition coefficient (Wildman–Crippen LogP) is 4.31. The van der Waals surface area contributed by atoms with E-state index in [1.807, 2.05) is 6.92 Å². The quantitative estimate of drug-likeness (QED) is 0.835. The summed E-state index contributed by atoms with van der Waals surface area (Å²) in [4.78, 5) is 3.99. The van der Waals surface area contributed by atoms with Gasteiger partial charge in [0.1, 0.15) is 5.82 Å². The third-order valence-corrected chi connectivity index (χ3v) is 3.37. The van der Waals surface area contributed by atoms with E-state index >= 15 is 0 Å². The minimum absolute atomic E-state index is 0.173. The van der Waals surface area contributed by atoms with E-state index in [9.17, 15) is 13.2 Å². The molecule has 0 spiro atoms. The smallest absolute Gasteiger partial charge is 0.196 e. The maximum atomic E-state index is 13.5. The molecule has 0 aliphatic carbocycles. The minimum atomic E-state index is -1.51. The number of halogens is 4. The van der Waals surface area contributed by atoms with Crippen LogP contribution in [-0.4, -0.2) is 4.98 Å². The summed E-state index contributed by atoms with van der Waals surface area (Å²) in [6.07, 6.45) is 1.53. The molecule has 6 heteroatoms. The van der Waals surface area contributed by atoms with Gasteiger partial charge >= 0.3 is 0 Å². The van der Waals surface area contributed by atoms with Crippen LogP contribution in [0.25, 0.3) is 0 Å². The number of nitrogens with zero attached hydrogens (tertiary/aromatic N) is 1. The molecule has 0 saturated carbocycles. The first-order valence-electron chi connectivity index (χ1n) is 5.02. The zero-order valence-electron chi connectivity index (χ0n) is 9.27. The van der Waals surface area contributed by atoms with Crippen LogP contribution in [0.15, 0.2) is 28.9 Å². The van der Waals surface area contributed by atoms with Crippen LogP contribution in [0.4, 0.5) is 24.7 Å². The topological polar surface area (TPSA) is 24.9 Å². The van der Waals surface area contributed by atoms with Crippen LogP contribution in [0, 0.1) is 24.4 Å². The fourth-order valence-corrected chi connectivity index (χ4v) is 1.71. The second kappa shape index (κ2) is 4.97. The number of aryl methyl sites for hydroxylation is 1. The van der Waals surface area contributed by atoms with Gasteiger partial charge in [0.05, 0.1) is 10.2 Å². The zero-order valence-corrected chi connectivity index (χ0v) is 10.9. The maximum Gasteiger partial charge on any atom is 0.196 e. The molecule has 1 N–H and O–H groups in total. The first-order valence-corrected chi connectivity index (χ1v) is 5.81. The predicted molar refractivity (Wildman–Crippen MR) is 66.3 cm³/mol. The number of rotatable bonds is 2. The Bertz CT molecular complexity index is 602. The van der Waals surface area contributed by atoms with Crippen molar-refractivity contribution < 1.29 is 13.2 Å². The largest absolute Gasteiger partial charge is 0.337 e. The molecule has 0 bridgehead atoms. The average Bonchev–Trinajstić information content (AvgIpc) is 2.35. The van der Waals surface area contributed by atoms with Gasteiger partial charge in [0.25, 0.3) is 0 Å². The molecule has 2 nitrogen and oxygen atoms in total. The highest BCUT2D eigenvalue weighted by Gasteiger charge is 2.14. The molecule has 94 valence electrons. The van der Waals surface area contributed by atoms with E-state index < -0.39 is 17.5 Å². The highest BCUT2D eigenvalue weighted by atomic mass is 79.9. The molecule has 0 atom stereocenters. The first-order chi connectivity index (χ1) is 8.50. The molecule has 1 aromatic carbocycles. The molecule has 0 aliphatic rings. The summed E-state index contributed by atoms with van der Waals surface area (Å²) in [6.45, 7) is 1.83. The molecule has 1 aromatic heterocycles. The van der Waals surface area contributed by atoms with Crippen molar-refractivity contribution in [2.75, 3.05) is 5.32 Å². The Morgan fingerprint density at radius 2 is 1.83 bits per heavy atom. The summed E-state index contributed by atoms with van der Waals surface area (Å²) in [5.41, 5.74) is 0.711. The van der Waals surface area contributed by atoms with Crippen molar-refractivity contribution >= 4 is 27.4 Å². The van der Waals surface area contributed by atoms with E-state index in [4.69, 9.17) is 0 Å². The summed E-state index contributed by atoms with van der Waals surface area (Å²) < 4.78 is 39.9. The van der Waals surface area contributed by atoms with Crippen LogP contribution in [0.1, 0.15) is 5.56 Å². The second-order valence-electron chi connectivity index (χ2n) is 3.64. The summed E-state index contributed by atoms with van der Waals surface area (Å²) in [5, 5.41) is 2.61. The van der Waals surface area contributed by atoms with Crippen LogP contribution < -0.4 is 5.32 Å². The van der Waals surface area contributed by atoms with Gasteiger partial charge in [0, 0.05) is 6.20 Å². The van der Waals surface area contributed by atoms with Gasteiger partial charge in [0.15, 0.2) is 17.5 Å². The number of anilines is 2. The van der Waals surface area contributed by atoms with Crippen molar-refractivity contribution in [1.82, 2.24) is 4.98 Å². The summed E-state index contributed by atoms with van der Waals surface area (Å²) in [7, 11) is 0. The van der Waals surface area contributed by atoms with Crippen LogP contribution >= 0.6 is 15.9 Å². The first kappa shape index (κ1) is 12.9. The third kappa shape index (κ3) is 2.33. The standard InChI is InChI=1S/C12H8BrF3N2/c1-6-4-5-17-12(9(6)13)18-8-3-2-7(14)10(15)11(8)16/h2-5H,1H3,(H,17,18). The number of benzene rings is 1. The molecular weight excluding hydrogens is 309 g/mol. The minimum Gasteiger partial charge on any atom is -0.337 e. The molecule has 0 saturated heterocycles. The van der Waals surface area contributed by atoms with Crippen LogP contribution in [0.2, 0.25) is 0 Å². The van der Waals surface area contributed by atoms with Gasteiger partial charge in [-0.25, -0.2) is 18.2 Å².